The Hall–Kier alpha value is -2.95. The van der Waals surface area contributed by atoms with Gasteiger partial charge in [0, 0.05) is 5.69 Å². The molecule has 2 aromatic carbocycles. The molecule has 1 amide bonds. The molecule has 0 bridgehead atoms. The molecule has 0 fully saturated rings. The maximum atomic E-state index is 13.2. The number of hydrogen-bond acceptors (Lipinski definition) is 2. The number of carbonyl (C=O) groups is 1. The minimum absolute atomic E-state index is 0.231. The van der Waals surface area contributed by atoms with Crippen LogP contribution in [0.25, 0.3) is 0 Å². The highest BCUT2D eigenvalue weighted by atomic mass is 19.1. The van der Waals surface area contributed by atoms with E-state index in [0.29, 0.717) is 29.8 Å². The Morgan fingerprint density at radius 2 is 1.96 bits per heavy atom. The van der Waals surface area contributed by atoms with Crippen molar-refractivity contribution in [3.63, 3.8) is 0 Å². The van der Waals surface area contributed by atoms with Crippen molar-refractivity contribution in [3.8, 4) is 0 Å². The summed E-state index contributed by atoms with van der Waals surface area (Å²) in [4.78, 5) is 12.6. The maximum absolute atomic E-state index is 13.2. The van der Waals surface area contributed by atoms with Crippen molar-refractivity contribution in [1.29, 1.82) is 0 Å². The van der Waals surface area contributed by atoms with Crippen molar-refractivity contribution in [2.75, 3.05) is 5.32 Å². The first-order chi connectivity index (χ1) is 12.1. The summed E-state index contributed by atoms with van der Waals surface area (Å²) in [7, 11) is 0. The smallest absolute Gasteiger partial charge is 0.259 e. The number of aryl methyl sites for hydroxylation is 1. The summed E-state index contributed by atoms with van der Waals surface area (Å²) in [6, 6.07) is 14.3. The molecule has 0 aliphatic carbocycles. The zero-order chi connectivity index (χ0) is 17.8. The van der Waals surface area contributed by atoms with Crippen molar-refractivity contribution >= 4 is 11.6 Å². The highest BCUT2D eigenvalue weighted by molar-refractivity contribution is 6.05. The number of hydrogen-bond donors (Lipinski definition) is 1. The molecule has 0 saturated carbocycles. The van der Waals surface area contributed by atoms with Crippen molar-refractivity contribution in [2.45, 2.75) is 26.8 Å². The van der Waals surface area contributed by atoms with Gasteiger partial charge in [-0.3, -0.25) is 9.48 Å². The Kier molecular flexibility index (Phi) is 4.93. The number of amides is 1. The van der Waals surface area contributed by atoms with E-state index in [1.165, 1.54) is 12.1 Å². The molecule has 0 unspecified atom stereocenters. The summed E-state index contributed by atoms with van der Waals surface area (Å²) < 4.78 is 15.1. The zero-order valence-electron chi connectivity index (χ0n) is 14.3. The molecule has 4 nitrogen and oxygen atoms in total. The molecule has 3 aromatic rings. The molecule has 128 valence electrons. The second-order valence-electron chi connectivity index (χ2n) is 5.92. The second kappa shape index (κ2) is 7.30. The summed E-state index contributed by atoms with van der Waals surface area (Å²) in [5.41, 5.74) is 3.83. The Morgan fingerprint density at radius 3 is 2.64 bits per heavy atom. The van der Waals surface area contributed by atoms with E-state index in [2.05, 4.69) is 10.4 Å². The van der Waals surface area contributed by atoms with Crippen molar-refractivity contribution in [2.24, 2.45) is 0 Å². The summed E-state index contributed by atoms with van der Waals surface area (Å²) >= 11 is 0. The third-order valence-corrected chi connectivity index (χ3v) is 4.14. The first kappa shape index (κ1) is 16.9. The SMILES string of the molecule is CCc1c(C(=O)Nc2ccc(F)cc2C)cnn1Cc1ccccc1. The van der Waals surface area contributed by atoms with Gasteiger partial charge in [0.2, 0.25) is 0 Å². The largest absolute Gasteiger partial charge is 0.322 e. The van der Waals surface area contributed by atoms with Crippen molar-refractivity contribution < 1.29 is 9.18 Å². The molecule has 0 aliphatic heterocycles. The zero-order valence-corrected chi connectivity index (χ0v) is 14.3. The highest BCUT2D eigenvalue weighted by Crippen LogP contribution is 2.19. The highest BCUT2D eigenvalue weighted by Gasteiger charge is 2.17. The van der Waals surface area contributed by atoms with Crippen LogP contribution in [0, 0.1) is 12.7 Å². The molecule has 0 radical (unpaired) electrons. The predicted molar refractivity (Wildman–Crippen MR) is 96.2 cm³/mol. The van der Waals surface area contributed by atoms with Gasteiger partial charge >= 0.3 is 0 Å². The summed E-state index contributed by atoms with van der Waals surface area (Å²) in [6.45, 7) is 4.38. The van der Waals surface area contributed by atoms with Crippen LogP contribution in [0.3, 0.4) is 0 Å². The Balaban J connectivity index is 1.83. The number of benzene rings is 2. The van der Waals surface area contributed by atoms with Gasteiger partial charge in [-0.1, -0.05) is 37.3 Å². The van der Waals surface area contributed by atoms with Crippen molar-refractivity contribution in [1.82, 2.24) is 9.78 Å². The number of halogens is 1. The van der Waals surface area contributed by atoms with E-state index in [4.69, 9.17) is 0 Å². The van der Waals surface area contributed by atoms with Gasteiger partial charge in [0.1, 0.15) is 5.82 Å². The van der Waals surface area contributed by atoms with Crippen LogP contribution in [0.4, 0.5) is 10.1 Å². The average Bonchev–Trinajstić information content (AvgIpc) is 3.01. The van der Waals surface area contributed by atoms with Crippen LogP contribution in [0.2, 0.25) is 0 Å². The summed E-state index contributed by atoms with van der Waals surface area (Å²) in [5.74, 6) is -0.550. The minimum Gasteiger partial charge on any atom is -0.322 e. The molecule has 1 N–H and O–H groups in total. The van der Waals surface area contributed by atoms with E-state index in [0.717, 1.165) is 11.3 Å². The standard InChI is InChI=1S/C20H20FN3O/c1-3-19-17(12-22-24(19)13-15-7-5-4-6-8-15)20(25)23-18-10-9-16(21)11-14(18)2/h4-12H,3,13H2,1-2H3,(H,23,25). The van der Waals surface area contributed by atoms with Crippen LogP contribution in [0.1, 0.15) is 34.1 Å². The maximum Gasteiger partial charge on any atom is 0.259 e. The summed E-state index contributed by atoms with van der Waals surface area (Å²) in [5, 5.41) is 7.22. The monoisotopic (exact) mass is 337 g/mol. The van der Waals surface area contributed by atoms with Crippen LogP contribution < -0.4 is 5.32 Å². The van der Waals surface area contributed by atoms with Crippen LogP contribution in [-0.2, 0) is 13.0 Å². The van der Waals surface area contributed by atoms with Crippen LogP contribution in [0.15, 0.2) is 54.7 Å². The van der Waals surface area contributed by atoms with Gasteiger partial charge in [-0.05, 0) is 42.7 Å². The van der Waals surface area contributed by atoms with Gasteiger partial charge in [0.25, 0.3) is 5.91 Å². The lowest BCUT2D eigenvalue weighted by atomic mass is 10.1. The Labute approximate surface area is 146 Å². The normalized spacial score (nSPS) is 10.7. The second-order valence-corrected chi connectivity index (χ2v) is 5.92. The Bertz CT molecular complexity index is 887. The van der Waals surface area contributed by atoms with Crippen LogP contribution >= 0.6 is 0 Å². The predicted octanol–water partition coefficient (Wildman–Crippen LogP) is 4.19. The van der Waals surface area contributed by atoms with E-state index >= 15 is 0 Å². The third-order valence-electron chi connectivity index (χ3n) is 4.14. The molecule has 5 heteroatoms. The molecule has 25 heavy (non-hydrogen) atoms. The number of anilines is 1. The number of rotatable bonds is 5. The summed E-state index contributed by atoms with van der Waals surface area (Å²) in [6.07, 6.45) is 2.29. The molecule has 3 rings (SSSR count). The van der Waals surface area contributed by atoms with Gasteiger partial charge < -0.3 is 5.32 Å². The van der Waals surface area contributed by atoms with E-state index in [1.807, 2.05) is 41.9 Å². The molecule has 1 aromatic heterocycles. The Morgan fingerprint density at radius 1 is 1.20 bits per heavy atom. The molecular formula is C20H20FN3O. The molecule has 0 atom stereocenters. The number of carbonyl (C=O) groups excluding carboxylic acids is 1. The number of nitrogens with zero attached hydrogens (tertiary/aromatic N) is 2. The molecule has 0 aliphatic rings. The topological polar surface area (TPSA) is 46.9 Å². The van der Waals surface area contributed by atoms with Gasteiger partial charge in [-0.25, -0.2) is 4.39 Å². The molecular weight excluding hydrogens is 317 g/mol. The lowest BCUT2D eigenvalue weighted by Gasteiger charge is -2.10. The fourth-order valence-corrected chi connectivity index (χ4v) is 2.82. The van der Waals surface area contributed by atoms with Gasteiger partial charge in [-0.2, -0.15) is 5.10 Å². The molecule has 1 heterocycles. The van der Waals surface area contributed by atoms with E-state index in [9.17, 15) is 9.18 Å². The van der Waals surface area contributed by atoms with Gasteiger partial charge in [-0.15, -0.1) is 0 Å². The first-order valence-corrected chi connectivity index (χ1v) is 8.24. The lowest BCUT2D eigenvalue weighted by Crippen LogP contribution is -2.15. The quantitative estimate of drug-likeness (QED) is 0.759. The fourth-order valence-electron chi connectivity index (χ4n) is 2.82. The van der Waals surface area contributed by atoms with E-state index in [1.54, 1.807) is 19.2 Å². The van der Waals surface area contributed by atoms with Crippen LogP contribution in [0.5, 0.6) is 0 Å². The van der Waals surface area contributed by atoms with Gasteiger partial charge in [0.05, 0.1) is 24.0 Å². The fraction of sp³-hybridized carbons (Fsp3) is 0.200. The van der Waals surface area contributed by atoms with Gasteiger partial charge in [0.15, 0.2) is 0 Å². The number of aromatic nitrogens is 2. The minimum atomic E-state index is -0.319. The first-order valence-electron chi connectivity index (χ1n) is 8.24. The van der Waals surface area contributed by atoms with Crippen molar-refractivity contribution in [3.05, 3.63) is 82.9 Å². The van der Waals surface area contributed by atoms with E-state index < -0.39 is 0 Å². The molecule has 0 spiro atoms. The number of nitrogens with one attached hydrogen (secondary N) is 1. The average molecular weight is 337 g/mol. The molecule has 0 saturated heterocycles. The lowest BCUT2D eigenvalue weighted by molar-refractivity contribution is 0.102. The van der Waals surface area contributed by atoms with Crippen LogP contribution in [-0.4, -0.2) is 15.7 Å². The third kappa shape index (κ3) is 3.76. The van der Waals surface area contributed by atoms with E-state index in [-0.39, 0.29) is 11.7 Å².